The number of hydrogen-bond acceptors (Lipinski definition) is 3. The van der Waals surface area contributed by atoms with Crippen molar-refractivity contribution >= 4 is 5.96 Å². The Morgan fingerprint density at radius 1 is 1.85 bits per heavy atom. The minimum absolute atomic E-state index is 0.249. The zero-order valence-electron chi connectivity index (χ0n) is 6.64. The van der Waals surface area contributed by atoms with Crippen molar-refractivity contribution in [1.82, 2.24) is 5.32 Å². The van der Waals surface area contributed by atoms with E-state index < -0.39 is 5.03 Å². The van der Waals surface area contributed by atoms with Crippen LogP contribution in [0.3, 0.4) is 0 Å². The minimum Gasteiger partial charge on any atom is -0.467 e. The zero-order valence-corrected chi connectivity index (χ0v) is 6.64. The van der Waals surface area contributed by atoms with Crippen LogP contribution in [0, 0.1) is 10.1 Å². The Morgan fingerprint density at radius 3 is 3.15 bits per heavy atom. The second-order valence-corrected chi connectivity index (χ2v) is 2.16. The van der Waals surface area contributed by atoms with E-state index in [1.165, 1.54) is 6.26 Å². The van der Waals surface area contributed by atoms with Gasteiger partial charge in [-0.15, -0.1) is 0 Å². The zero-order chi connectivity index (χ0) is 9.68. The molecular formula is C6H8N4O3. The summed E-state index contributed by atoms with van der Waals surface area (Å²) >= 11 is 0. The lowest BCUT2D eigenvalue weighted by molar-refractivity contribution is -0.485. The van der Waals surface area contributed by atoms with Crippen LogP contribution in [0.25, 0.3) is 0 Å². The van der Waals surface area contributed by atoms with Crippen molar-refractivity contribution in [2.45, 2.75) is 6.54 Å². The van der Waals surface area contributed by atoms with Crippen LogP contribution in [0.5, 0.6) is 0 Å². The Labute approximate surface area is 73.4 Å². The molecule has 0 radical (unpaired) electrons. The summed E-state index contributed by atoms with van der Waals surface area (Å²) in [7, 11) is 0. The van der Waals surface area contributed by atoms with E-state index in [0.29, 0.717) is 5.76 Å². The van der Waals surface area contributed by atoms with E-state index in [9.17, 15) is 10.1 Å². The van der Waals surface area contributed by atoms with E-state index in [1.807, 2.05) is 0 Å². The van der Waals surface area contributed by atoms with Gasteiger partial charge in [0.1, 0.15) is 10.9 Å². The average Bonchev–Trinajstić information content (AvgIpc) is 2.51. The summed E-state index contributed by atoms with van der Waals surface area (Å²) in [5.41, 5.74) is 5.15. The van der Waals surface area contributed by atoms with Crippen LogP contribution in [0.2, 0.25) is 0 Å². The fraction of sp³-hybridized carbons (Fsp3) is 0.167. The number of nitrogens with one attached hydrogen (secondary N) is 1. The van der Waals surface area contributed by atoms with E-state index in [4.69, 9.17) is 10.2 Å². The van der Waals surface area contributed by atoms with Gasteiger partial charge in [-0.05, 0) is 12.1 Å². The molecule has 0 aliphatic heterocycles. The van der Waals surface area contributed by atoms with E-state index in [0.717, 1.165) is 0 Å². The molecule has 70 valence electrons. The molecule has 0 unspecified atom stereocenters. The highest BCUT2D eigenvalue weighted by Gasteiger charge is 1.99. The van der Waals surface area contributed by atoms with Crippen LogP contribution < -0.4 is 11.1 Å². The molecule has 0 aliphatic carbocycles. The van der Waals surface area contributed by atoms with Crippen molar-refractivity contribution in [3.8, 4) is 0 Å². The fourth-order valence-electron chi connectivity index (χ4n) is 0.714. The van der Waals surface area contributed by atoms with Crippen LogP contribution in [0.4, 0.5) is 0 Å². The smallest absolute Gasteiger partial charge is 0.266 e. The lowest BCUT2D eigenvalue weighted by Crippen LogP contribution is -2.31. The maximum atomic E-state index is 9.85. The topological polar surface area (TPSA) is 107 Å². The molecule has 1 heterocycles. The first-order valence-electron chi connectivity index (χ1n) is 3.43. The number of furan rings is 1. The Bertz CT molecular complexity index is 306. The van der Waals surface area contributed by atoms with E-state index in [2.05, 4.69) is 10.4 Å². The molecule has 3 N–H and O–H groups in total. The maximum Gasteiger partial charge on any atom is 0.266 e. The van der Waals surface area contributed by atoms with Crippen molar-refractivity contribution in [1.29, 1.82) is 0 Å². The van der Waals surface area contributed by atoms with Gasteiger partial charge in [0.2, 0.25) is 0 Å². The van der Waals surface area contributed by atoms with Crippen LogP contribution in [0.15, 0.2) is 27.9 Å². The molecule has 0 bridgehead atoms. The first-order valence-corrected chi connectivity index (χ1v) is 3.43. The van der Waals surface area contributed by atoms with E-state index >= 15 is 0 Å². The summed E-state index contributed by atoms with van der Waals surface area (Å²) in [5.74, 6) is 0.378. The first-order chi connectivity index (χ1) is 6.18. The molecule has 0 fully saturated rings. The SMILES string of the molecule is N/C(=N\[N+](=O)[O-])NCc1ccco1. The standard InChI is InChI=1S/C6H8N4O3/c7-6(9-10(11)12)8-4-5-2-1-3-13-5/h1-3H,4H2,(H3,7,8,9). The monoisotopic (exact) mass is 184 g/mol. The normalized spacial score (nSPS) is 11.2. The Hall–Kier alpha value is -2.05. The second-order valence-electron chi connectivity index (χ2n) is 2.16. The predicted molar refractivity (Wildman–Crippen MR) is 44.2 cm³/mol. The van der Waals surface area contributed by atoms with Crippen LogP contribution >= 0.6 is 0 Å². The summed E-state index contributed by atoms with van der Waals surface area (Å²) < 4.78 is 4.95. The molecule has 0 amide bonds. The van der Waals surface area contributed by atoms with Gasteiger partial charge in [0.15, 0.2) is 5.03 Å². The second kappa shape index (κ2) is 4.10. The minimum atomic E-state index is -0.871. The summed E-state index contributed by atoms with van der Waals surface area (Å²) in [4.78, 5) is 9.85. The van der Waals surface area contributed by atoms with Gasteiger partial charge in [-0.1, -0.05) is 0 Å². The van der Waals surface area contributed by atoms with Crippen molar-refractivity contribution in [2.75, 3.05) is 0 Å². The summed E-state index contributed by atoms with van der Waals surface area (Å²) in [6.45, 7) is 0.274. The largest absolute Gasteiger partial charge is 0.467 e. The van der Waals surface area contributed by atoms with Crippen LogP contribution in [-0.2, 0) is 6.54 Å². The van der Waals surface area contributed by atoms with Gasteiger partial charge in [0.25, 0.3) is 5.96 Å². The van der Waals surface area contributed by atoms with Crippen molar-refractivity contribution in [2.24, 2.45) is 10.8 Å². The maximum absolute atomic E-state index is 9.85. The molecule has 0 aromatic carbocycles. The van der Waals surface area contributed by atoms with Crippen LogP contribution in [-0.4, -0.2) is 11.0 Å². The molecule has 1 aromatic rings. The fourth-order valence-corrected chi connectivity index (χ4v) is 0.714. The van der Waals surface area contributed by atoms with E-state index in [-0.39, 0.29) is 12.5 Å². The molecule has 7 nitrogen and oxygen atoms in total. The summed E-state index contributed by atoms with van der Waals surface area (Å²) in [6.07, 6.45) is 1.50. The number of rotatable bonds is 3. The van der Waals surface area contributed by atoms with Gasteiger partial charge in [-0.3, -0.25) is 0 Å². The highest BCUT2D eigenvalue weighted by atomic mass is 16.7. The average molecular weight is 184 g/mol. The number of hydrogen-bond donors (Lipinski definition) is 2. The van der Waals surface area contributed by atoms with Gasteiger partial charge in [-0.25, -0.2) is 10.1 Å². The Morgan fingerprint density at radius 2 is 2.62 bits per heavy atom. The van der Waals surface area contributed by atoms with Gasteiger partial charge in [0, 0.05) is 0 Å². The lowest BCUT2D eigenvalue weighted by Gasteiger charge is -1.98. The van der Waals surface area contributed by atoms with Gasteiger partial charge < -0.3 is 15.5 Å². The molecule has 0 saturated heterocycles. The third-order valence-corrected chi connectivity index (χ3v) is 1.21. The molecule has 7 heteroatoms. The first kappa shape index (κ1) is 9.04. The quantitative estimate of drug-likeness (QED) is 0.294. The molecule has 0 aliphatic rings. The molecular weight excluding hydrogens is 176 g/mol. The number of guanidine groups is 1. The highest BCUT2D eigenvalue weighted by Crippen LogP contribution is 1.97. The molecule has 1 aromatic heterocycles. The van der Waals surface area contributed by atoms with Crippen molar-refractivity contribution < 1.29 is 9.45 Å². The highest BCUT2D eigenvalue weighted by molar-refractivity contribution is 5.76. The summed E-state index contributed by atoms with van der Waals surface area (Å²) in [5, 5.41) is 14.3. The predicted octanol–water partition coefficient (Wildman–Crippen LogP) is -0.124. The Balaban J connectivity index is 2.39. The molecule has 0 spiro atoms. The number of nitro groups is 1. The number of nitrogens with two attached hydrogens (primary N) is 1. The van der Waals surface area contributed by atoms with Crippen molar-refractivity contribution in [3.63, 3.8) is 0 Å². The third kappa shape index (κ3) is 3.23. The van der Waals surface area contributed by atoms with E-state index in [1.54, 1.807) is 12.1 Å². The Kier molecular flexibility index (Phi) is 2.85. The molecule has 1 rings (SSSR count). The lowest BCUT2D eigenvalue weighted by atomic mass is 10.4. The molecule has 0 saturated carbocycles. The molecule has 0 atom stereocenters. The number of nitrogens with zero attached hydrogens (tertiary/aromatic N) is 2. The summed E-state index contributed by atoms with van der Waals surface area (Å²) in [6, 6.07) is 3.42. The van der Waals surface area contributed by atoms with Gasteiger partial charge in [0.05, 0.1) is 12.8 Å². The molecule has 13 heavy (non-hydrogen) atoms. The van der Waals surface area contributed by atoms with Crippen molar-refractivity contribution in [3.05, 3.63) is 34.3 Å². The van der Waals surface area contributed by atoms with Crippen LogP contribution in [0.1, 0.15) is 5.76 Å². The number of hydrazone groups is 1. The third-order valence-electron chi connectivity index (χ3n) is 1.21. The van der Waals surface area contributed by atoms with Gasteiger partial charge in [-0.2, -0.15) is 0 Å². The van der Waals surface area contributed by atoms with Gasteiger partial charge >= 0.3 is 0 Å².